The van der Waals surface area contributed by atoms with Crippen LogP contribution in [0, 0.1) is 6.92 Å². The fraction of sp³-hybridized carbons (Fsp3) is 0.318. The van der Waals surface area contributed by atoms with Gasteiger partial charge in [0.05, 0.1) is 24.7 Å². The Morgan fingerprint density at radius 1 is 1.24 bits per heavy atom. The van der Waals surface area contributed by atoms with Crippen molar-refractivity contribution in [1.82, 2.24) is 20.0 Å². The number of thiophene rings is 1. The van der Waals surface area contributed by atoms with Crippen LogP contribution in [0.15, 0.2) is 54.0 Å². The molecule has 2 amide bonds. The molecule has 0 saturated carbocycles. The van der Waals surface area contributed by atoms with Gasteiger partial charge in [0.25, 0.3) is 5.91 Å². The molecule has 6 nitrogen and oxygen atoms in total. The highest BCUT2D eigenvalue weighted by molar-refractivity contribution is 7.09. The van der Waals surface area contributed by atoms with Crippen LogP contribution in [-0.4, -0.2) is 39.6 Å². The minimum Gasteiger partial charge on any atom is -0.356 e. The lowest BCUT2D eigenvalue weighted by atomic mass is 10.1. The average molecular weight is 409 g/mol. The third kappa shape index (κ3) is 4.56. The number of fused-ring (bicyclic) bond motifs is 1. The number of hydrogen-bond acceptors (Lipinski definition) is 4. The summed E-state index contributed by atoms with van der Waals surface area (Å²) in [4.78, 5) is 28.6. The van der Waals surface area contributed by atoms with Crippen molar-refractivity contribution < 1.29 is 9.59 Å². The van der Waals surface area contributed by atoms with Crippen LogP contribution in [0.5, 0.6) is 0 Å². The van der Waals surface area contributed by atoms with E-state index >= 15 is 0 Å². The zero-order chi connectivity index (χ0) is 20.2. The molecule has 150 valence electrons. The maximum absolute atomic E-state index is 13.0. The van der Waals surface area contributed by atoms with Crippen molar-refractivity contribution in [2.45, 2.75) is 32.4 Å². The molecule has 0 bridgehead atoms. The molecular formula is C22H24N4O2S. The molecule has 7 heteroatoms. The van der Waals surface area contributed by atoms with Crippen LogP contribution < -0.4 is 5.32 Å². The number of aromatic nitrogens is 2. The minimum atomic E-state index is -0.163. The second kappa shape index (κ2) is 8.61. The zero-order valence-corrected chi connectivity index (χ0v) is 17.2. The van der Waals surface area contributed by atoms with Gasteiger partial charge in [-0.3, -0.25) is 14.3 Å². The average Bonchev–Trinajstić information content (AvgIpc) is 3.39. The monoisotopic (exact) mass is 408 g/mol. The highest BCUT2D eigenvalue weighted by atomic mass is 32.1. The van der Waals surface area contributed by atoms with Crippen LogP contribution in [0.3, 0.4) is 0 Å². The standard InChI is InChI=1S/C22H24N4O2S/c1-16-4-2-5-17(12-16)22(28)25-14-18-7-10-24-26(18)19(15-25)13-21(27)23-9-8-20-6-3-11-29-20/h2-7,10-12,19H,8-9,13-15H2,1H3,(H,23,27)/t19-/m1/s1. The Bertz CT molecular complexity index is 996. The Morgan fingerprint density at radius 3 is 2.93 bits per heavy atom. The van der Waals surface area contributed by atoms with Gasteiger partial charge < -0.3 is 10.2 Å². The van der Waals surface area contributed by atoms with Crippen molar-refractivity contribution in [3.63, 3.8) is 0 Å². The minimum absolute atomic E-state index is 0.00995. The van der Waals surface area contributed by atoms with Gasteiger partial charge in [0, 0.05) is 29.7 Å². The lowest BCUT2D eigenvalue weighted by Gasteiger charge is -2.33. The van der Waals surface area contributed by atoms with E-state index in [0.29, 0.717) is 31.6 Å². The number of carbonyl (C=O) groups excluding carboxylic acids is 2. The molecular weight excluding hydrogens is 384 g/mol. The molecule has 0 fully saturated rings. The number of aryl methyl sites for hydroxylation is 1. The normalized spacial score (nSPS) is 15.8. The number of nitrogens with zero attached hydrogens (tertiary/aromatic N) is 3. The van der Waals surface area contributed by atoms with E-state index in [0.717, 1.165) is 17.7 Å². The molecule has 3 heterocycles. The fourth-order valence-electron chi connectivity index (χ4n) is 3.72. The number of nitrogens with one attached hydrogen (secondary N) is 1. The van der Waals surface area contributed by atoms with Gasteiger partial charge in [-0.05, 0) is 43.0 Å². The summed E-state index contributed by atoms with van der Waals surface area (Å²) in [6, 6.07) is 13.5. The van der Waals surface area contributed by atoms with E-state index in [-0.39, 0.29) is 17.9 Å². The Kier molecular flexibility index (Phi) is 5.76. The van der Waals surface area contributed by atoms with Crippen molar-refractivity contribution >= 4 is 23.2 Å². The molecule has 3 aromatic rings. The van der Waals surface area contributed by atoms with E-state index in [1.54, 1.807) is 17.5 Å². The van der Waals surface area contributed by atoms with Crippen molar-refractivity contribution in [2.24, 2.45) is 0 Å². The van der Waals surface area contributed by atoms with Crippen LogP contribution in [0.1, 0.15) is 39.0 Å². The van der Waals surface area contributed by atoms with Gasteiger partial charge in [0.2, 0.25) is 5.91 Å². The largest absolute Gasteiger partial charge is 0.356 e. The van der Waals surface area contributed by atoms with E-state index in [9.17, 15) is 9.59 Å². The second-order valence-electron chi connectivity index (χ2n) is 7.36. The summed E-state index contributed by atoms with van der Waals surface area (Å²) >= 11 is 1.69. The molecule has 0 radical (unpaired) electrons. The Morgan fingerprint density at radius 2 is 2.14 bits per heavy atom. The highest BCUT2D eigenvalue weighted by Gasteiger charge is 2.30. The summed E-state index contributed by atoms with van der Waals surface area (Å²) in [6.07, 6.45) is 2.87. The SMILES string of the molecule is Cc1cccc(C(=O)N2Cc3ccnn3[C@H](CC(=O)NCCc3cccs3)C2)c1. The topological polar surface area (TPSA) is 67.2 Å². The predicted octanol–water partition coefficient (Wildman–Crippen LogP) is 3.20. The maximum Gasteiger partial charge on any atom is 0.254 e. The number of carbonyl (C=O) groups is 2. The van der Waals surface area contributed by atoms with Crippen LogP contribution in [-0.2, 0) is 17.8 Å². The molecule has 1 aliphatic heterocycles. The Hall–Kier alpha value is -2.93. The number of benzene rings is 1. The molecule has 0 unspecified atom stereocenters. The quantitative estimate of drug-likeness (QED) is 0.681. The van der Waals surface area contributed by atoms with Gasteiger partial charge in [-0.15, -0.1) is 11.3 Å². The number of hydrogen-bond donors (Lipinski definition) is 1. The van der Waals surface area contributed by atoms with Crippen LogP contribution >= 0.6 is 11.3 Å². The van der Waals surface area contributed by atoms with Crippen molar-refractivity contribution in [3.05, 3.63) is 75.7 Å². The lowest BCUT2D eigenvalue weighted by molar-refractivity contribution is -0.122. The number of rotatable bonds is 6. The van der Waals surface area contributed by atoms with E-state index < -0.39 is 0 Å². The van der Waals surface area contributed by atoms with E-state index in [4.69, 9.17) is 0 Å². The third-order valence-electron chi connectivity index (χ3n) is 5.13. The molecule has 1 aromatic carbocycles. The maximum atomic E-state index is 13.0. The summed E-state index contributed by atoms with van der Waals surface area (Å²) in [5.74, 6) is -0.0258. The number of amides is 2. The van der Waals surface area contributed by atoms with Crippen LogP contribution in [0.25, 0.3) is 0 Å². The second-order valence-corrected chi connectivity index (χ2v) is 8.39. The first kappa shape index (κ1) is 19.4. The molecule has 2 aromatic heterocycles. The summed E-state index contributed by atoms with van der Waals surface area (Å²) in [5, 5.41) is 9.43. The summed E-state index contributed by atoms with van der Waals surface area (Å²) < 4.78 is 1.89. The third-order valence-corrected chi connectivity index (χ3v) is 6.07. The van der Waals surface area contributed by atoms with Gasteiger partial charge in [-0.25, -0.2) is 0 Å². The highest BCUT2D eigenvalue weighted by Crippen LogP contribution is 2.24. The molecule has 1 aliphatic rings. The van der Waals surface area contributed by atoms with Crippen LogP contribution in [0.2, 0.25) is 0 Å². The Labute approximate surface area is 174 Å². The molecule has 0 spiro atoms. The summed E-state index contributed by atoms with van der Waals surface area (Å²) in [5.41, 5.74) is 2.69. The van der Waals surface area contributed by atoms with E-state index in [1.165, 1.54) is 4.88 Å². The molecule has 0 aliphatic carbocycles. The Balaban J connectivity index is 1.41. The molecule has 1 atom stereocenters. The summed E-state index contributed by atoms with van der Waals surface area (Å²) in [7, 11) is 0. The first-order valence-corrected chi connectivity index (χ1v) is 10.7. The first-order valence-electron chi connectivity index (χ1n) is 9.77. The van der Waals surface area contributed by atoms with E-state index in [2.05, 4.69) is 16.5 Å². The predicted molar refractivity (Wildman–Crippen MR) is 113 cm³/mol. The van der Waals surface area contributed by atoms with Gasteiger partial charge in [0.15, 0.2) is 0 Å². The van der Waals surface area contributed by atoms with Gasteiger partial charge in [0.1, 0.15) is 0 Å². The molecule has 0 saturated heterocycles. The fourth-order valence-corrected chi connectivity index (χ4v) is 4.43. The van der Waals surface area contributed by atoms with Crippen molar-refractivity contribution in [3.8, 4) is 0 Å². The van der Waals surface area contributed by atoms with Gasteiger partial charge >= 0.3 is 0 Å². The molecule has 1 N–H and O–H groups in total. The smallest absolute Gasteiger partial charge is 0.254 e. The zero-order valence-electron chi connectivity index (χ0n) is 16.4. The molecule has 4 rings (SSSR count). The van der Waals surface area contributed by atoms with Crippen molar-refractivity contribution in [1.29, 1.82) is 0 Å². The van der Waals surface area contributed by atoms with E-state index in [1.807, 2.05) is 58.3 Å². The molecule has 29 heavy (non-hydrogen) atoms. The van der Waals surface area contributed by atoms with Crippen LogP contribution in [0.4, 0.5) is 0 Å². The first-order chi connectivity index (χ1) is 14.1. The summed E-state index contributed by atoms with van der Waals surface area (Å²) in [6.45, 7) is 3.57. The van der Waals surface area contributed by atoms with Gasteiger partial charge in [-0.2, -0.15) is 5.10 Å². The van der Waals surface area contributed by atoms with Crippen molar-refractivity contribution in [2.75, 3.05) is 13.1 Å². The lowest BCUT2D eigenvalue weighted by Crippen LogP contribution is -2.43. The van der Waals surface area contributed by atoms with Gasteiger partial charge in [-0.1, -0.05) is 23.8 Å².